The molecule has 1 aromatic carbocycles. The summed E-state index contributed by atoms with van der Waals surface area (Å²) >= 11 is 0. The molecule has 2 rings (SSSR count). The predicted molar refractivity (Wildman–Crippen MR) is 70.2 cm³/mol. The number of amides is 2. The molecule has 0 atom stereocenters. The van der Waals surface area contributed by atoms with Crippen molar-refractivity contribution in [1.29, 1.82) is 0 Å². The molecule has 1 aliphatic heterocycles. The summed E-state index contributed by atoms with van der Waals surface area (Å²) in [5.74, 6) is -1.04. The van der Waals surface area contributed by atoms with Gasteiger partial charge < -0.3 is 4.55 Å². The maximum atomic E-state index is 12.0. The number of imide groups is 1. The van der Waals surface area contributed by atoms with Crippen molar-refractivity contribution in [3.8, 4) is 0 Å². The van der Waals surface area contributed by atoms with E-state index in [1.54, 1.807) is 24.3 Å². The molecule has 6 nitrogen and oxygen atoms in total. The van der Waals surface area contributed by atoms with Crippen LogP contribution in [0.3, 0.4) is 0 Å². The first-order valence-corrected chi connectivity index (χ1v) is 7.87. The summed E-state index contributed by atoms with van der Waals surface area (Å²) in [5, 5.41) is 0. The summed E-state index contributed by atoms with van der Waals surface area (Å²) in [7, 11) is -4.19. The van der Waals surface area contributed by atoms with Gasteiger partial charge in [0, 0.05) is 12.3 Å². The first kappa shape index (κ1) is 18.3. The standard InChI is InChI=1S/C13H15NO5S.Na/c15-12-10-6-2-3-7-11(10)13(16)14(12)8-4-1-5-9-20(17,18)19;/h2-3,6-7H,1,4-5,8-9H2,(H,17,18,19);/q;+1/p-1. The summed E-state index contributed by atoms with van der Waals surface area (Å²) in [4.78, 5) is 25.1. The summed E-state index contributed by atoms with van der Waals surface area (Å²) in [6, 6.07) is 6.62. The van der Waals surface area contributed by atoms with Gasteiger partial charge in [0.25, 0.3) is 11.8 Å². The second-order valence-corrected chi connectivity index (χ2v) is 6.15. The van der Waals surface area contributed by atoms with Crippen molar-refractivity contribution in [2.24, 2.45) is 0 Å². The molecule has 0 aliphatic carbocycles. The number of hydrogen-bond donors (Lipinski definition) is 0. The van der Waals surface area contributed by atoms with Crippen LogP contribution in [0, 0.1) is 0 Å². The second-order valence-electron chi connectivity index (χ2n) is 4.63. The summed E-state index contributed by atoms with van der Waals surface area (Å²) in [6.45, 7) is 0.241. The number of rotatable bonds is 6. The molecule has 21 heavy (non-hydrogen) atoms. The van der Waals surface area contributed by atoms with E-state index in [-0.39, 0.29) is 54.3 Å². The largest absolute Gasteiger partial charge is 1.00 e. The molecule has 108 valence electrons. The average Bonchev–Trinajstić information content (AvgIpc) is 2.62. The molecule has 0 spiro atoms. The van der Waals surface area contributed by atoms with Crippen molar-refractivity contribution in [3.63, 3.8) is 0 Å². The number of unbranched alkanes of at least 4 members (excludes halogenated alkanes) is 2. The van der Waals surface area contributed by atoms with Gasteiger partial charge in [-0.25, -0.2) is 8.42 Å². The molecule has 1 aromatic rings. The van der Waals surface area contributed by atoms with Gasteiger partial charge >= 0.3 is 29.6 Å². The Labute approximate surface area is 145 Å². The smallest absolute Gasteiger partial charge is 0.748 e. The number of carbonyl (C=O) groups is 2. The molecule has 0 saturated carbocycles. The van der Waals surface area contributed by atoms with Gasteiger partial charge in [-0.1, -0.05) is 18.6 Å². The molecule has 0 saturated heterocycles. The van der Waals surface area contributed by atoms with Gasteiger partial charge in [-0.15, -0.1) is 0 Å². The first-order valence-electron chi connectivity index (χ1n) is 6.29. The summed E-state index contributed by atoms with van der Waals surface area (Å²) in [6.07, 6.45) is 1.21. The van der Waals surface area contributed by atoms with E-state index in [9.17, 15) is 22.6 Å². The molecule has 0 fully saturated rings. The van der Waals surface area contributed by atoms with E-state index in [1.807, 2.05) is 0 Å². The van der Waals surface area contributed by atoms with Gasteiger partial charge in [-0.3, -0.25) is 14.5 Å². The third-order valence-electron chi connectivity index (χ3n) is 3.15. The first-order chi connectivity index (χ1) is 9.40. The van der Waals surface area contributed by atoms with Crippen LogP contribution in [0.4, 0.5) is 0 Å². The van der Waals surface area contributed by atoms with E-state index < -0.39 is 15.9 Å². The molecule has 1 heterocycles. The predicted octanol–water partition coefficient (Wildman–Crippen LogP) is -2.00. The van der Waals surface area contributed by atoms with E-state index in [0.29, 0.717) is 24.0 Å². The Bertz CT molecular complexity index is 609. The number of hydrogen-bond acceptors (Lipinski definition) is 5. The molecular formula is C13H14NNaO5S. The number of benzene rings is 1. The van der Waals surface area contributed by atoms with Gasteiger partial charge in [0.05, 0.1) is 21.2 Å². The van der Waals surface area contributed by atoms with Gasteiger partial charge in [0.1, 0.15) is 0 Å². The Morgan fingerprint density at radius 2 is 1.48 bits per heavy atom. The minimum atomic E-state index is -4.19. The molecule has 1 aliphatic rings. The minimum Gasteiger partial charge on any atom is -0.748 e. The normalized spacial score (nSPS) is 14.0. The SMILES string of the molecule is O=C1c2ccccc2C(=O)N1CCCCCS(=O)(=O)[O-].[Na+]. The van der Waals surface area contributed by atoms with E-state index in [1.165, 1.54) is 0 Å². The third-order valence-corrected chi connectivity index (χ3v) is 3.94. The molecule has 2 amide bonds. The Kier molecular flexibility index (Phi) is 6.55. The summed E-state index contributed by atoms with van der Waals surface area (Å²) in [5.41, 5.74) is 0.805. The zero-order valence-electron chi connectivity index (χ0n) is 11.7. The Morgan fingerprint density at radius 1 is 0.952 bits per heavy atom. The van der Waals surface area contributed by atoms with Crippen LogP contribution >= 0.6 is 0 Å². The summed E-state index contributed by atoms with van der Waals surface area (Å²) < 4.78 is 31.3. The third kappa shape index (κ3) is 4.62. The van der Waals surface area contributed by atoms with Crippen LogP contribution in [0.1, 0.15) is 40.0 Å². The molecule has 8 heteroatoms. The fourth-order valence-electron chi connectivity index (χ4n) is 2.17. The van der Waals surface area contributed by atoms with Crippen LogP contribution in [-0.2, 0) is 10.1 Å². The fraction of sp³-hybridized carbons (Fsp3) is 0.385. The van der Waals surface area contributed by atoms with Crippen LogP contribution in [0.25, 0.3) is 0 Å². The van der Waals surface area contributed by atoms with Crippen LogP contribution < -0.4 is 29.6 Å². The van der Waals surface area contributed by atoms with Gasteiger partial charge in [-0.2, -0.15) is 0 Å². The van der Waals surface area contributed by atoms with Gasteiger partial charge in [0.2, 0.25) is 0 Å². The Balaban J connectivity index is 0.00000220. The molecular weight excluding hydrogens is 305 g/mol. The zero-order chi connectivity index (χ0) is 14.8. The van der Waals surface area contributed by atoms with Crippen molar-refractivity contribution < 1.29 is 52.1 Å². The van der Waals surface area contributed by atoms with Crippen molar-refractivity contribution in [3.05, 3.63) is 35.4 Å². The average molecular weight is 319 g/mol. The van der Waals surface area contributed by atoms with Crippen LogP contribution in [0.5, 0.6) is 0 Å². The van der Waals surface area contributed by atoms with Crippen LogP contribution in [0.2, 0.25) is 0 Å². The molecule has 0 radical (unpaired) electrons. The van der Waals surface area contributed by atoms with E-state index in [4.69, 9.17) is 0 Å². The maximum absolute atomic E-state index is 12.0. The monoisotopic (exact) mass is 319 g/mol. The molecule has 0 aromatic heterocycles. The Morgan fingerprint density at radius 3 is 1.95 bits per heavy atom. The van der Waals surface area contributed by atoms with Crippen molar-refractivity contribution >= 4 is 21.9 Å². The van der Waals surface area contributed by atoms with Gasteiger partial charge in [-0.05, 0) is 25.0 Å². The number of nitrogens with zero attached hydrogens (tertiary/aromatic N) is 1. The van der Waals surface area contributed by atoms with Crippen LogP contribution in [-0.4, -0.2) is 42.0 Å². The van der Waals surface area contributed by atoms with Crippen LogP contribution in [0.15, 0.2) is 24.3 Å². The second kappa shape index (κ2) is 7.51. The quantitative estimate of drug-likeness (QED) is 0.262. The van der Waals surface area contributed by atoms with Crippen molar-refractivity contribution in [2.45, 2.75) is 19.3 Å². The number of carbonyl (C=O) groups excluding carboxylic acids is 2. The Hall–Kier alpha value is -0.730. The van der Waals surface area contributed by atoms with E-state index >= 15 is 0 Å². The zero-order valence-corrected chi connectivity index (χ0v) is 14.6. The topological polar surface area (TPSA) is 94.6 Å². The van der Waals surface area contributed by atoms with Crippen molar-refractivity contribution in [1.82, 2.24) is 4.90 Å². The maximum Gasteiger partial charge on any atom is 1.00 e. The van der Waals surface area contributed by atoms with Crippen molar-refractivity contribution in [2.75, 3.05) is 12.3 Å². The fourth-order valence-corrected chi connectivity index (χ4v) is 2.73. The van der Waals surface area contributed by atoms with E-state index in [0.717, 1.165) is 4.90 Å². The number of fused-ring (bicyclic) bond motifs is 1. The van der Waals surface area contributed by atoms with E-state index in [2.05, 4.69) is 0 Å². The molecule has 0 N–H and O–H groups in total. The van der Waals surface area contributed by atoms with Gasteiger partial charge in [0.15, 0.2) is 0 Å². The molecule has 0 unspecified atom stereocenters. The molecule has 0 bridgehead atoms. The minimum absolute atomic E-state index is 0.